The third-order valence-corrected chi connectivity index (χ3v) is 3.79. The fourth-order valence-corrected chi connectivity index (χ4v) is 2.41. The number of carbonyl (C=O) groups is 1. The number of rotatable bonds is 6. The fourth-order valence-electron chi connectivity index (χ4n) is 2.41. The van der Waals surface area contributed by atoms with Crippen LogP contribution in [0.4, 0.5) is 5.69 Å². The summed E-state index contributed by atoms with van der Waals surface area (Å²) in [6.45, 7) is 8.15. The van der Waals surface area contributed by atoms with E-state index in [1.54, 1.807) is 12.3 Å². The Hall–Kier alpha value is -2.62. The molecule has 0 atom stereocenters. The van der Waals surface area contributed by atoms with Gasteiger partial charge in [-0.05, 0) is 50.1 Å². The summed E-state index contributed by atoms with van der Waals surface area (Å²) in [6, 6.07) is 15.6. The van der Waals surface area contributed by atoms with Crippen molar-refractivity contribution in [3.05, 3.63) is 65.2 Å². The van der Waals surface area contributed by atoms with E-state index in [1.807, 2.05) is 37.3 Å². The van der Waals surface area contributed by atoms with Crippen LogP contribution in [0, 0.1) is 6.92 Å². The van der Waals surface area contributed by atoms with Gasteiger partial charge in [-0.25, -0.2) is 5.43 Å². The summed E-state index contributed by atoms with van der Waals surface area (Å²) in [5.41, 5.74) is 6.28. The van der Waals surface area contributed by atoms with E-state index < -0.39 is 0 Å². The topological polar surface area (TPSA) is 44.7 Å². The van der Waals surface area contributed by atoms with Crippen molar-refractivity contribution < 1.29 is 4.79 Å². The molecule has 4 nitrogen and oxygen atoms in total. The van der Waals surface area contributed by atoms with E-state index >= 15 is 0 Å². The molecule has 0 aliphatic rings. The SMILES string of the molecule is CCN(CC)c1ccc(/C=N/NC(=O)c2ccccc2C)cc1. The average molecular weight is 309 g/mol. The summed E-state index contributed by atoms with van der Waals surface area (Å²) in [4.78, 5) is 14.3. The molecule has 0 radical (unpaired) electrons. The van der Waals surface area contributed by atoms with E-state index in [2.05, 4.69) is 41.4 Å². The Morgan fingerprint density at radius 3 is 2.35 bits per heavy atom. The number of nitrogens with zero attached hydrogens (tertiary/aromatic N) is 2. The van der Waals surface area contributed by atoms with E-state index in [9.17, 15) is 4.79 Å². The van der Waals surface area contributed by atoms with Crippen LogP contribution in [0.15, 0.2) is 53.6 Å². The van der Waals surface area contributed by atoms with Crippen molar-refractivity contribution in [2.24, 2.45) is 5.10 Å². The van der Waals surface area contributed by atoms with Crippen molar-refractivity contribution in [3.63, 3.8) is 0 Å². The molecule has 0 heterocycles. The van der Waals surface area contributed by atoms with Gasteiger partial charge in [0.1, 0.15) is 0 Å². The summed E-state index contributed by atoms with van der Waals surface area (Å²) >= 11 is 0. The zero-order valence-electron chi connectivity index (χ0n) is 13.9. The first-order valence-electron chi connectivity index (χ1n) is 7.89. The van der Waals surface area contributed by atoms with Gasteiger partial charge in [-0.1, -0.05) is 30.3 Å². The second-order valence-electron chi connectivity index (χ2n) is 5.28. The van der Waals surface area contributed by atoms with Crippen LogP contribution in [-0.4, -0.2) is 25.2 Å². The molecule has 2 rings (SSSR count). The van der Waals surface area contributed by atoms with Gasteiger partial charge in [0, 0.05) is 24.3 Å². The lowest BCUT2D eigenvalue weighted by atomic mass is 10.1. The highest BCUT2D eigenvalue weighted by Crippen LogP contribution is 2.14. The minimum Gasteiger partial charge on any atom is -0.372 e. The van der Waals surface area contributed by atoms with Gasteiger partial charge in [0.15, 0.2) is 0 Å². The average Bonchev–Trinajstić information content (AvgIpc) is 2.57. The molecule has 0 aliphatic heterocycles. The summed E-state index contributed by atoms with van der Waals surface area (Å²) in [5.74, 6) is -0.195. The molecule has 23 heavy (non-hydrogen) atoms. The van der Waals surface area contributed by atoms with Crippen LogP contribution >= 0.6 is 0 Å². The highest BCUT2D eigenvalue weighted by atomic mass is 16.2. The van der Waals surface area contributed by atoms with E-state index in [0.29, 0.717) is 5.56 Å². The van der Waals surface area contributed by atoms with Crippen LogP contribution in [0.5, 0.6) is 0 Å². The second-order valence-corrected chi connectivity index (χ2v) is 5.28. The zero-order chi connectivity index (χ0) is 16.7. The molecular formula is C19H23N3O. The maximum absolute atomic E-state index is 12.0. The van der Waals surface area contributed by atoms with Crippen LogP contribution < -0.4 is 10.3 Å². The lowest BCUT2D eigenvalue weighted by molar-refractivity contribution is 0.0954. The predicted molar refractivity (Wildman–Crippen MR) is 96.2 cm³/mol. The second kappa shape index (κ2) is 8.13. The number of aryl methyl sites for hydroxylation is 1. The largest absolute Gasteiger partial charge is 0.372 e. The lowest BCUT2D eigenvalue weighted by Gasteiger charge is -2.20. The number of hydrogen-bond donors (Lipinski definition) is 1. The smallest absolute Gasteiger partial charge is 0.271 e. The van der Waals surface area contributed by atoms with Gasteiger partial charge in [-0.15, -0.1) is 0 Å². The molecule has 4 heteroatoms. The third kappa shape index (κ3) is 4.42. The molecule has 1 N–H and O–H groups in total. The van der Waals surface area contributed by atoms with E-state index in [4.69, 9.17) is 0 Å². The molecule has 0 aliphatic carbocycles. The van der Waals surface area contributed by atoms with Gasteiger partial charge in [-0.2, -0.15) is 5.10 Å². The van der Waals surface area contributed by atoms with Gasteiger partial charge >= 0.3 is 0 Å². The highest BCUT2D eigenvalue weighted by molar-refractivity contribution is 5.96. The monoisotopic (exact) mass is 309 g/mol. The lowest BCUT2D eigenvalue weighted by Crippen LogP contribution is -2.21. The Balaban J connectivity index is 1.98. The summed E-state index contributed by atoms with van der Waals surface area (Å²) in [5, 5.41) is 4.04. The molecule has 120 valence electrons. The maximum atomic E-state index is 12.0. The van der Waals surface area contributed by atoms with Crippen molar-refractivity contribution in [2.45, 2.75) is 20.8 Å². The van der Waals surface area contributed by atoms with E-state index in [1.165, 1.54) is 5.69 Å². The molecule has 0 aromatic heterocycles. The standard InChI is InChI=1S/C19H23N3O/c1-4-22(5-2)17-12-10-16(11-13-17)14-20-21-19(23)18-9-7-6-8-15(18)3/h6-14H,4-5H2,1-3H3,(H,21,23)/b20-14+. The number of anilines is 1. The molecule has 0 fully saturated rings. The number of nitrogens with one attached hydrogen (secondary N) is 1. The Labute approximate surface area is 137 Å². The number of hydrazone groups is 1. The van der Waals surface area contributed by atoms with E-state index in [0.717, 1.165) is 24.2 Å². The molecular weight excluding hydrogens is 286 g/mol. The van der Waals surface area contributed by atoms with Crippen molar-refractivity contribution in [3.8, 4) is 0 Å². The highest BCUT2D eigenvalue weighted by Gasteiger charge is 2.06. The number of hydrogen-bond acceptors (Lipinski definition) is 3. The Morgan fingerprint density at radius 1 is 1.09 bits per heavy atom. The van der Waals surface area contributed by atoms with Crippen LogP contribution in [0.1, 0.15) is 35.3 Å². The van der Waals surface area contributed by atoms with Crippen molar-refractivity contribution >= 4 is 17.8 Å². The minimum absolute atomic E-state index is 0.195. The van der Waals surface area contributed by atoms with Crippen LogP contribution in [0.3, 0.4) is 0 Å². The van der Waals surface area contributed by atoms with Crippen LogP contribution in [0.25, 0.3) is 0 Å². The van der Waals surface area contributed by atoms with Gasteiger partial charge < -0.3 is 4.90 Å². The van der Waals surface area contributed by atoms with Crippen LogP contribution in [0.2, 0.25) is 0 Å². The Bertz CT molecular complexity index is 673. The first-order valence-corrected chi connectivity index (χ1v) is 7.89. The number of amides is 1. The minimum atomic E-state index is -0.195. The number of benzene rings is 2. The Morgan fingerprint density at radius 2 is 1.74 bits per heavy atom. The predicted octanol–water partition coefficient (Wildman–Crippen LogP) is 3.61. The molecule has 0 saturated heterocycles. The van der Waals surface area contributed by atoms with Gasteiger partial charge in [0.05, 0.1) is 6.21 Å². The number of carbonyl (C=O) groups excluding carboxylic acids is 1. The molecule has 0 saturated carbocycles. The van der Waals surface area contributed by atoms with Crippen molar-refractivity contribution in [1.29, 1.82) is 0 Å². The van der Waals surface area contributed by atoms with Gasteiger partial charge in [0.25, 0.3) is 5.91 Å². The molecule has 0 unspecified atom stereocenters. The molecule has 2 aromatic rings. The van der Waals surface area contributed by atoms with Crippen molar-refractivity contribution in [1.82, 2.24) is 5.43 Å². The fraction of sp³-hybridized carbons (Fsp3) is 0.263. The zero-order valence-corrected chi connectivity index (χ0v) is 13.9. The summed E-state index contributed by atoms with van der Waals surface area (Å²) < 4.78 is 0. The first-order chi connectivity index (χ1) is 11.2. The van der Waals surface area contributed by atoms with E-state index in [-0.39, 0.29) is 5.91 Å². The van der Waals surface area contributed by atoms with Crippen molar-refractivity contribution in [2.75, 3.05) is 18.0 Å². The van der Waals surface area contributed by atoms with Crippen LogP contribution in [-0.2, 0) is 0 Å². The van der Waals surface area contributed by atoms with Gasteiger partial charge in [0.2, 0.25) is 0 Å². The first kappa shape index (κ1) is 16.7. The normalized spacial score (nSPS) is 10.7. The Kier molecular flexibility index (Phi) is 5.92. The molecule has 1 amide bonds. The van der Waals surface area contributed by atoms with Gasteiger partial charge in [-0.3, -0.25) is 4.79 Å². The molecule has 0 bridgehead atoms. The molecule has 2 aromatic carbocycles. The maximum Gasteiger partial charge on any atom is 0.271 e. The molecule has 0 spiro atoms. The summed E-state index contributed by atoms with van der Waals surface area (Å²) in [7, 11) is 0. The quantitative estimate of drug-likeness (QED) is 0.654. The third-order valence-electron chi connectivity index (χ3n) is 3.79. The summed E-state index contributed by atoms with van der Waals surface area (Å²) in [6.07, 6.45) is 1.65.